The van der Waals surface area contributed by atoms with E-state index < -0.39 is 23.7 Å². The number of carbonyl (C=O) groups is 2. The number of anilines is 1. The van der Waals surface area contributed by atoms with E-state index in [0.29, 0.717) is 13.1 Å². The molecule has 0 spiro atoms. The first-order valence-electron chi connectivity index (χ1n) is 6.34. The minimum atomic E-state index is -4.41. The number of piperazine rings is 1. The maximum absolute atomic E-state index is 12.4. The number of rotatable bonds is 3. The zero-order chi connectivity index (χ0) is 15.5. The van der Waals surface area contributed by atoms with E-state index in [1.54, 1.807) is 0 Å². The van der Waals surface area contributed by atoms with Gasteiger partial charge in [-0.2, -0.15) is 13.2 Å². The molecule has 1 atom stereocenters. The first-order chi connectivity index (χ1) is 9.86. The van der Waals surface area contributed by atoms with Crippen LogP contribution in [0.15, 0.2) is 24.3 Å². The van der Waals surface area contributed by atoms with Gasteiger partial charge in [-0.3, -0.25) is 9.59 Å². The second-order valence-corrected chi connectivity index (χ2v) is 4.63. The summed E-state index contributed by atoms with van der Waals surface area (Å²) in [6.45, 7) is 1.08. The molecular formula is C13H14F3N3O2. The van der Waals surface area contributed by atoms with E-state index in [2.05, 4.69) is 16.0 Å². The van der Waals surface area contributed by atoms with E-state index in [1.165, 1.54) is 12.1 Å². The van der Waals surface area contributed by atoms with Gasteiger partial charge in [-0.1, -0.05) is 0 Å². The van der Waals surface area contributed by atoms with Crippen molar-refractivity contribution in [1.29, 1.82) is 0 Å². The molecule has 0 saturated carbocycles. The van der Waals surface area contributed by atoms with Gasteiger partial charge in [-0.05, 0) is 24.3 Å². The first kappa shape index (κ1) is 15.3. The van der Waals surface area contributed by atoms with E-state index in [-0.39, 0.29) is 18.0 Å². The monoisotopic (exact) mass is 301 g/mol. The lowest BCUT2D eigenvalue weighted by Crippen LogP contribution is -2.53. The van der Waals surface area contributed by atoms with Gasteiger partial charge in [-0.25, -0.2) is 0 Å². The number of hydrogen-bond donors (Lipinski definition) is 3. The Hall–Kier alpha value is -2.09. The zero-order valence-electron chi connectivity index (χ0n) is 11.0. The van der Waals surface area contributed by atoms with Crippen LogP contribution in [0.4, 0.5) is 18.9 Å². The summed E-state index contributed by atoms with van der Waals surface area (Å²) in [6.07, 6.45) is -4.49. The van der Waals surface area contributed by atoms with E-state index in [9.17, 15) is 22.8 Å². The molecule has 1 aromatic rings. The van der Waals surface area contributed by atoms with Crippen molar-refractivity contribution >= 4 is 17.5 Å². The maximum atomic E-state index is 12.4. The van der Waals surface area contributed by atoms with Gasteiger partial charge in [0, 0.05) is 18.8 Å². The van der Waals surface area contributed by atoms with E-state index in [4.69, 9.17) is 0 Å². The largest absolute Gasteiger partial charge is 0.416 e. The first-order valence-corrected chi connectivity index (χ1v) is 6.34. The highest BCUT2D eigenvalue weighted by Crippen LogP contribution is 2.29. The molecule has 0 aliphatic carbocycles. The molecule has 2 rings (SSSR count). The third kappa shape index (κ3) is 4.19. The van der Waals surface area contributed by atoms with Crippen molar-refractivity contribution in [3.05, 3.63) is 29.8 Å². The van der Waals surface area contributed by atoms with Gasteiger partial charge in [0.2, 0.25) is 11.8 Å². The number of amides is 2. The number of alkyl halides is 3. The standard InChI is InChI=1S/C13H14F3N3O2/c14-13(15,16)8-1-3-9(4-2-8)19-11(20)7-10-12(21)18-6-5-17-10/h1-4,10,17H,5-7H2,(H,18,21)(H,19,20)/t10-/m1/s1. The Morgan fingerprint density at radius 1 is 1.24 bits per heavy atom. The van der Waals surface area contributed by atoms with Crippen LogP contribution in [0, 0.1) is 0 Å². The van der Waals surface area contributed by atoms with Gasteiger partial charge in [0.15, 0.2) is 0 Å². The minimum Gasteiger partial charge on any atom is -0.353 e. The predicted molar refractivity (Wildman–Crippen MR) is 69.5 cm³/mol. The molecule has 5 nitrogen and oxygen atoms in total. The van der Waals surface area contributed by atoms with Gasteiger partial charge in [-0.15, -0.1) is 0 Å². The van der Waals surface area contributed by atoms with Crippen molar-refractivity contribution < 1.29 is 22.8 Å². The summed E-state index contributed by atoms with van der Waals surface area (Å²) in [6, 6.07) is 3.51. The summed E-state index contributed by atoms with van der Waals surface area (Å²) in [7, 11) is 0. The van der Waals surface area contributed by atoms with Gasteiger partial charge in [0.25, 0.3) is 0 Å². The van der Waals surface area contributed by atoms with Crippen LogP contribution in [0.2, 0.25) is 0 Å². The molecule has 2 amide bonds. The summed E-state index contributed by atoms with van der Waals surface area (Å²) in [4.78, 5) is 23.2. The Balaban J connectivity index is 1.92. The van der Waals surface area contributed by atoms with Crippen LogP contribution in [0.5, 0.6) is 0 Å². The molecule has 114 valence electrons. The zero-order valence-corrected chi connectivity index (χ0v) is 11.0. The highest BCUT2D eigenvalue weighted by Gasteiger charge is 2.30. The quantitative estimate of drug-likeness (QED) is 0.783. The van der Waals surface area contributed by atoms with Crippen LogP contribution in [0.25, 0.3) is 0 Å². The second-order valence-electron chi connectivity index (χ2n) is 4.63. The molecular weight excluding hydrogens is 287 g/mol. The molecule has 1 aliphatic heterocycles. The fourth-order valence-corrected chi connectivity index (χ4v) is 1.95. The second kappa shape index (κ2) is 6.13. The smallest absolute Gasteiger partial charge is 0.353 e. The van der Waals surface area contributed by atoms with Crippen LogP contribution in [0.3, 0.4) is 0 Å². The summed E-state index contributed by atoms with van der Waals surface area (Å²) in [5.41, 5.74) is -0.530. The van der Waals surface area contributed by atoms with E-state index in [0.717, 1.165) is 12.1 Å². The van der Waals surface area contributed by atoms with Crippen molar-refractivity contribution in [3.8, 4) is 0 Å². The summed E-state index contributed by atoms with van der Waals surface area (Å²) < 4.78 is 37.2. The van der Waals surface area contributed by atoms with E-state index >= 15 is 0 Å². The molecule has 8 heteroatoms. The Bertz CT molecular complexity index is 528. The van der Waals surface area contributed by atoms with Gasteiger partial charge in [0.1, 0.15) is 0 Å². The average molecular weight is 301 g/mol. The Kier molecular flexibility index (Phi) is 4.46. The lowest BCUT2D eigenvalue weighted by atomic mass is 10.1. The molecule has 21 heavy (non-hydrogen) atoms. The molecule has 1 fully saturated rings. The molecule has 0 aromatic heterocycles. The Morgan fingerprint density at radius 2 is 1.90 bits per heavy atom. The summed E-state index contributed by atoms with van der Waals surface area (Å²) in [5, 5.41) is 7.97. The number of benzene rings is 1. The third-order valence-electron chi connectivity index (χ3n) is 3.02. The Morgan fingerprint density at radius 3 is 2.48 bits per heavy atom. The van der Waals surface area contributed by atoms with Gasteiger partial charge in [0.05, 0.1) is 18.0 Å². The molecule has 0 bridgehead atoms. The van der Waals surface area contributed by atoms with E-state index in [1.807, 2.05) is 0 Å². The average Bonchev–Trinajstić information content (AvgIpc) is 2.41. The van der Waals surface area contributed by atoms with Crippen LogP contribution in [0.1, 0.15) is 12.0 Å². The number of halogens is 3. The lowest BCUT2D eigenvalue weighted by molar-refractivity contribution is -0.137. The minimum absolute atomic E-state index is 0.0765. The normalized spacial score (nSPS) is 19.0. The SMILES string of the molecule is O=C(C[C@H]1NCCNC1=O)Nc1ccc(C(F)(F)F)cc1. The number of hydrogen-bond acceptors (Lipinski definition) is 3. The lowest BCUT2D eigenvalue weighted by Gasteiger charge is -2.22. The van der Waals surface area contributed by atoms with Crippen molar-refractivity contribution in [2.24, 2.45) is 0 Å². The summed E-state index contributed by atoms with van der Waals surface area (Å²) in [5.74, 6) is -0.701. The topological polar surface area (TPSA) is 70.2 Å². The number of nitrogens with one attached hydrogen (secondary N) is 3. The molecule has 3 N–H and O–H groups in total. The highest BCUT2D eigenvalue weighted by molar-refractivity contribution is 5.95. The molecule has 1 saturated heterocycles. The van der Waals surface area contributed by atoms with Crippen molar-refractivity contribution in [2.45, 2.75) is 18.6 Å². The van der Waals surface area contributed by atoms with Gasteiger partial charge >= 0.3 is 6.18 Å². The fraction of sp³-hybridized carbons (Fsp3) is 0.385. The highest BCUT2D eigenvalue weighted by atomic mass is 19.4. The van der Waals surface area contributed by atoms with Crippen LogP contribution in [-0.4, -0.2) is 30.9 Å². The fourth-order valence-electron chi connectivity index (χ4n) is 1.95. The van der Waals surface area contributed by atoms with Crippen molar-refractivity contribution in [3.63, 3.8) is 0 Å². The van der Waals surface area contributed by atoms with Crippen molar-refractivity contribution in [2.75, 3.05) is 18.4 Å². The summed E-state index contributed by atoms with van der Waals surface area (Å²) >= 11 is 0. The van der Waals surface area contributed by atoms with Crippen LogP contribution in [-0.2, 0) is 15.8 Å². The molecule has 0 radical (unpaired) electrons. The number of carbonyl (C=O) groups excluding carboxylic acids is 2. The maximum Gasteiger partial charge on any atom is 0.416 e. The Labute approximate surface area is 118 Å². The van der Waals surface area contributed by atoms with Gasteiger partial charge < -0.3 is 16.0 Å². The predicted octanol–water partition coefficient (Wildman–Crippen LogP) is 1.12. The van der Waals surface area contributed by atoms with Crippen molar-refractivity contribution in [1.82, 2.24) is 10.6 Å². The van der Waals surface area contributed by atoms with Crippen LogP contribution >= 0.6 is 0 Å². The molecule has 1 aromatic carbocycles. The van der Waals surface area contributed by atoms with Crippen LogP contribution < -0.4 is 16.0 Å². The third-order valence-corrected chi connectivity index (χ3v) is 3.02. The molecule has 1 aliphatic rings. The molecule has 0 unspecified atom stereocenters. The molecule has 1 heterocycles.